The number of hydrogen-bond acceptors (Lipinski definition) is 4. The van der Waals surface area contributed by atoms with Crippen LogP contribution in [0.3, 0.4) is 0 Å². The average Bonchev–Trinajstić information content (AvgIpc) is 2.70. The average molecular weight is 258 g/mol. The van der Waals surface area contributed by atoms with Crippen LogP contribution in [-0.2, 0) is 0 Å². The van der Waals surface area contributed by atoms with E-state index in [0.29, 0.717) is 10.4 Å². The van der Waals surface area contributed by atoms with Gasteiger partial charge in [-0.05, 0) is 28.1 Å². The smallest absolute Gasteiger partial charge is 0.357 e. The van der Waals surface area contributed by atoms with Crippen molar-refractivity contribution in [2.75, 3.05) is 0 Å². The molecule has 0 bridgehead atoms. The molecule has 0 fully saturated rings. The minimum atomic E-state index is -1.13. The second-order valence-electron chi connectivity index (χ2n) is 2.45. The van der Waals surface area contributed by atoms with E-state index >= 15 is 0 Å². The fraction of sp³-hybridized carbons (Fsp3) is 0. The van der Waals surface area contributed by atoms with Gasteiger partial charge in [-0.3, -0.25) is 0 Å². The monoisotopic (exact) mass is 257 g/mol. The van der Waals surface area contributed by atoms with E-state index in [1.54, 1.807) is 12.1 Å². The molecule has 2 rings (SSSR count). The standard InChI is InChI=1S/C8H4BrNO4/c9-6-2-1-5(14-6)7-10-4(3-13-7)8(11)12/h1-3H,(H,11,12). The van der Waals surface area contributed by atoms with Gasteiger partial charge in [0.05, 0.1) is 0 Å². The second kappa shape index (κ2) is 3.30. The molecule has 0 aliphatic carbocycles. The predicted octanol–water partition coefficient (Wildman–Crippen LogP) is 2.40. The molecule has 0 unspecified atom stereocenters. The molecule has 0 spiro atoms. The van der Waals surface area contributed by atoms with Crippen molar-refractivity contribution >= 4 is 21.9 Å². The van der Waals surface area contributed by atoms with E-state index in [-0.39, 0.29) is 11.6 Å². The molecule has 2 aromatic heterocycles. The lowest BCUT2D eigenvalue weighted by Gasteiger charge is -1.85. The Hall–Kier alpha value is -1.56. The summed E-state index contributed by atoms with van der Waals surface area (Å²) in [5.74, 6) is -0.608. The lowest BCUT2D eigenvalue weighted by molar-refractivity contribution is 0.0690. The Morgan fingerprint density at radius 3 is 2.79 bits per heavy atom. The number of oxazole rings is 1. The molecule has 0 aliphatic rings. The highest BCUT2D eigenvalue weighted by Gasteiger charge is 2.14. The summed E-state index contributed by atoms with van der Waals surface area (Å²) in [7, 11) is 0. The van der Waals surface area contributed by atoms with Gasteiger partial charge in [0, 0.05) is 0 Å². The van der Waals surface area contributed by atoms with Gasteiger partial charge < -0.3 is 13.9 Å². The third kappa shape index (κ3) is 1.56. The molecule has 2 aromatic rings. The molecule has 6 heteroatoms. The molecule has 0 saturated heterocycles. The Bertz CT molecular complexity index is 473. The second-order valence-corrected chi connectivity index (χ2v) is 3.23. The van der Waals surface area contributed by atoms with Crippen LogP contribution in [0.4, 0.5) is 0 Å². The summed E-state index contributed by atoms with van der Waals surface area (Å²) in [5.41, 5.74) is -0.146. The quantitative estimate of drug-likeness (QED) is 0.894. The highest BCUT2D eigenvalue weighted by Crippen LogP contribution is 2.24. The number of aromatic nitrogens is 1. The predicted molar refractivity (Wildman–Crippen MR) is 48.9 cm³/mol. The largest absolute Gasteiger partial charge is 0.476 e. The first-order chi connectivity index (χ1) is 6.66. The number of rotatable bonds is 2. The molecule has 0 atom stereocenters. The van der Waals surface area contributed by atoms with E-state index in [1.165, 1.54) is 0 Å². The number of nitrogens with zero attached hydrogens (tertiary/aromatic N) is 1. The van der Waals surface area contributed by atoms with Gasteiger partial charge in [0.1, 0.15) is 6.26 Å². The first-order valence-electron chi connectivity index (χ1n) is 3.61. The molecule has 0 amide bonds. The molecule has 14 heavy (non-hydrogen) atoms. The minimum Gasteiger partial charge on any atom is -0.476 e. The van der Waals surface area contributed by atoms with Crippen molar-refractivity contribution in [1.82, 2.24) is 4.98 Å². The molecule has 0 radical (unpaired) electrons. The number of carboxylic acid groups (broad SMARTS) is 1. The van der Waals surface area contributed by atoms with Crippen molar-refractivity contribution < 1.29 is 18.7 Å². The van der Waals surface area contributed by atoms with Crippen molar-refractivity contribution in [3.05, 3.63) is 28.8 Å². The van der Waals surface area contributed by atoms with Crippen molar-refractivity contribution in [3.8, 4) is 11.7 Å². The van der Waals surface area contributed by atoms with E-state index in [4.69, 9.17) is 13.9 Å². The highest BCUT2D eigenvalue weighted by molar-refractivity contribution is 9.10. The molecule has 0 saturated carbocycles. The molecule has 1 N–H and O–H groups in total. The third-order valence-electron chi connectivity index (χ3n) is 1.51. The Morgan fingerprint density at radius 2 is 2.29 bits per heavy atom. The maximum Gasteiger partial charge on any atom is 0.357 e. The van der Waals surface area contributed by atoms with Crippen LogP contribution in [0.2, 0.25) is 0 Å². The van der Waals surface area contributed by atoms with Crippen LogP contribution in [-0.4, -0.2) is 16.1 Å². The van der Waals surface area contributed by atoms with Crippen molar-refractivity contribution in [2.45, 2.75) is 0 Å². The van der Waals surface area contributed by atoms with Crippen LogP contribution in [0.1, 0.15) is 10.5 Å². The van der Waals surface area contributed by atoms with E-state index in [2.05, 4.69) is 20.9 Å². The Labute approximate surface area is 86.5 Å². The van der Waals surface area contributed by atoms with Crippen LogP contribution < -0.4 is 0 Å². The van der Waals surface area contributed by atoms with Gasteiger partial charge in [-0.2, -0.15) is 4.98 Å². The van der Waals surface area contributed by atoms with Crippen LogP contribution in [0, 0.1) is 0 Å². The third-order valence-corrected chi connectivity index (χ3v) is 1.93. The SMILES string of the molecule is O=C(O)c1coc(-c2ccc(Br)o2)n1. The van der Waals surface area contributed by atoms with Crippen molar-refractivity contribution in [2.24, 2.45) is 0 Å². The zero-order valence-corrected chi connectivity index (χ0v) is 8.32. The minimum absolute atomic E-state index is 0.146. The van der Waals surface area contributed by atoms with Gasteiger partial charge in [-0.1, -0.05) is 0 Å². The summed E-state index contributed by atoms with van der Waals surface area (Å²) >= 11 is 3.11. The number of halogens is 1. The van der Waals surface area contributed by atoms with Gasteiger partial charge >= 0.3 is 5.97 Å². The fourth-order valence-electron chi connectivity index (χ4n) is 0.914. The molecule has 0 aliphatic heterocycles. The van der Waals surface area contributed by atoms with Crippen molar-refractivity contribution in [1.29, 1.82) is 0 Å². The maximum atomic E-state index is 10.5. The van der Waals surface area contributed by atoms with Gasteiger partial charge in [-0.25, -0.2) is 4.79 Å². The number of hydrogen-bond donors (Lipinski definition) is 1. The molecule has 5 nitrogen and oxygen atoms in total. The molecular weight excluding hydrogens is 254 g/mol. The maximum absolute atomic E-state index is 10.5. The zero-order valence-electron chi connectivity index (χ0n) is 6.73. The first-order valence-corrected chi connectivity index (χ1v) is 4.40. The summed E-state index contributed by atoms with van der Waals surface area (Å²) in [6.07, 6.45) is 1.06. The summed E-state index contributed by atoms with van der Waals surface area (Å²) < 4.78 is 10.6. The van der Waals surface area contributed by atoms with Crippen molar-refractivity contribution in [3.63, 3.8) is 0 Å². The number of carbonyl (C=O) groups is 1. The topological polar surface area (TPSA) is 76.5 Å². The molecule has 72 valence electrons. The van der Waals surface area contributed by atoms with Crippen LogP contribution in [0.25, 0.3) is 11.7 Å². The molecular formula is C8H4BrNO4. The Morgan fingerprint density at radius 1 is 1.50 bits per heavy atom. The molecule has 0 aromatic carbocycles. The Kier molecular flexibility index (Phi) is 2.12. The van der Waals surface area contributed by atoms with Gasteiger partial charge in [0.2, 0.25) is 0 Å². The summed E-state index contributed by atoms with van der Waals surface area (Å²) in [4.78, 5) is 14.2. The normalized spacial score (nSPS) is 10.4. The summed E-state index contributed by atoms with van der Waals surface area (Å²) in [6.45, 7) is 0. The first kappa shape index (κ1) is 9.01. The van der Waals surface area contributed by atoms with E-state index in [0.717, 1.165) is 6.26 Å². The molecule has 2 heterocycles. The van der Waals surface area contributed by atoms with Crippen LogP contribution >= 0.6 is 15.9 Å². The van der Waals surface area contributed by atoms with Gasteiger partial charge in [0.15, 0.2) is 16.1 Å². The van der Waals surface area contributed by atoms with Gasteiger partial charge in [0.25, 0.3) is 5.89 Å². The lowest BCUT2D eigenvalue weighted by atomic mass is 10.4. The lowest BCUT2D eigenvalue weighted by Crippen LogP contribution is -1.95. The van der Waals surface area contributed by atoms with Crippen LogP contribution in [0.15, 0.2) is 31.9 Å². The number of carboxylic acids is 1. The Balaban J connectivity index is 2.38. The number of aromatic carboxylic acids is 1. The van der Waals surface area contributed by atoms with Crippen LogP contribution in [0.5, 0.6) is 0 Å². The van der Waals surface area contributed by atoms with E-state index < -0.39 is 5.97 Å². The zero-order chi connectivity index (χ0) is 10.1. The summed E-state index contributed by atoms with van der Waals surface area (Å²) in [5, 5.41) is 8.59. The number of furan rings is 1. The summed E-state index contributed by atoms with van der Waals surface area (Å²) in [6, 6.07) is 3.29. The van der Waals surface area contributed by atoms with E-state index in [1.807, 2.05) is 0 Å². The van der Waals surface area contributed by atoms with Gasteiger partial charge in [-0.15, -0.1) is 0 Å². The fourth-order valence-corrected chi connectivity index (χ4v) is 1.22. The van der Waals surface area contributed by atoms with E-state index in [9.17, 15) is 4.79 Å². The highest BCUT2D eigenvalue weighted by atomic mass is 79.9.